The molecule has 0 fully saturated rings. The first kappa shape index (κ1) is 33.6. The van der Waals surface area contributed by atoms with E-state index >= 15 is 0 Å². The van der Waals surface area contributed by atoms with Crippen LogP contribution in [0, 0.1) is 22.7 Å². The number of benzene rings is 4. The zero-order valence-electron chi connectivity index (χ0n) is 20.8. The molecule has 0 saturated carbocycles. The molecule has 0 aliphatic rings. The van der Waals surface area contributed by atoms with E-state index in [9.17, 15) is 4.79 Å². The summed E-state index contributed by atoms with van der Waals surface area (Å²) in [7, 11) is 0. The van der Waals surface area contributed by atoms with E-state index in [1.807, 2.05) is 66.7 Å². The number of Topliss-reactive ketones (excluding diaryl/α,β-unsaturated/α-hetero) is 1. The van der Waals surface area contributed by atoms with E-state index in [0.29, 0.717) is 17.7 Å². The van der Waals surface area contributed by atoms with Gasteiger partial charge < -0.3 is 14.6 Å². The van der Waals surface area contributed by atoms with Crippen molar-refractivity contribution >= 4 is 21.7 Å². The van der Waals surface area contributed by atoms with Crippen LogP contribution >= 0.6 is 15.9 Å². The van der Waals surface area contributed by atoms with Gasteiger partial charge in [0, 0.05) is 5.33 Å². The van der Waals surface area contributed by atoms with E-state index in [-0.39, 0.29) is 19.0 Å². The first-order valence-electron chi connectivity index (χ1n) is 11.3. The summed E-state index contributed by atoms with van der Waals surface area (Å²) < 4.78 is 5.58. The molecule has 0 bridgehead atoms. The number of nitrogens with zero attached hydrogens (tertiary/aromatic N) is 2. The second-order valence-corrected chi connectivity index (χ2v) is 8.16. The topological polar surface area (TPSA) is 94.1 Å². The maximum absolute atomic E-state index is 9.44. The van der Waals surface area contributed by atoms with Gasteiger partial charge in [0.25, 0.3) is 0 Å². The van der Waals surface area contributed by atoms with Crippen molar-refractivity contribution in [1.29, 1.82) is 10.5 Å². The number of alkyl halides is 1. The smallest absolute Gasteiger partial charge is 0.126 e. The number of phenols is 1. The van der Waals surface area contributed by atoms with Crippen LogP contribution in [0.3, 0.4) is 0 Å². The average Bonchev–Trinajstić information content (AvgIpc) is 2.93. The fraction of sp³-hybridized carbons (Fsp3) is 0.156. The molecule has 1 N–H and O–H groups in total. The standard InChI is InChI=1S/C14H11NO.C7H7Br.C7H5NO.C3H6O.CH4/c15-10-13-7-4-8-14(9-13)16-11-12-5-2-1-3-6-12;8-6-7-4-2-1-3-5-7;8-5-6-2-1-3-7(9)4-6;1-3(2)4;/h1-9H,11H2;1-5H,6H2;1-4,9H;1-2H3;1H4. The SMILES string of the molecule is BrCc1ccccc1.C.CC(C)=O.N#Cc1cccc(O)c1.N#Cc1cccc(OCc2ccccc2)c1. The number of halogens is 1. The highest BCUT2D eigenvalue weighted by Crippen LogP contribution is 2.14. The number of phenolic OH excluding ortho intramolecular Hbond substituents is 1. The van der Waals surface area contributed by atoms with E-state index < -0.39 is 0 Å². The number of carbonyl (C=O) groups excluding carboxylic acids is 1. The first-order chi connectivity index (χ1) is 17.9. The Morgan fingerprint density at radius 2 is 1.24 bits per heavy atom. The van der Waals surface area contributed by atoms with E-state index in [2.05, 4.69) is 34.1 Å². The van der Waals surface area contributed by atoms with Crippen LogP contribution in [0.5, 0.6) is 11.5 Å². The summed E-state index contributed by atoms with van der Waals surface area (Å²) in [4.78, 5) is 9.44. The minimum Gasteiger partial charge on any atom is -0.508 e. The molecule has 0 aromatic heterocycles. The third kappa shape index (κ3) is 16.3. The molecule has 0 amide bonds. The molecule has 6 heteroatoms. The summed E-state index contributed by atoms with van der Waals surface area (Å²) in [5.74, 6) is 1.02. The van der Waals surface area contributed by atoms with Crippen LogP contribution in [-0.4, -0.2) is 10.9 Å². The van der Waals surface area contributed by atoms with Gasteiger partial charge in [0.05, 0.1) is 23.3 Å². The van der Waals surface area contributed by atoms with Crippen LogP contribution in [-0.2, 0) is 16.7 Å². The Hall–Kier alpha value is -4.39. The van der Waals surface area contributed by atoms with Gasteiger partial charge in [0.15, 0.2) is 0 Å². The summed E-state index contributed by atoms with van der Waals surface area (Å²) >= 11 is 3.36. The normalized spacial score (nSPS) is 8.55. The quantitative estimate of drug-likeness (QED) is 0.248. The number of ketones is 1. The van der Waals surface area contributed by atoms with Gasteiger partial charge in [0.2, 0.25) is 0 Å². The average molecular weight is 574 g/mol. The predicted octanol–water partition coefficient (Wildman–Crippen LogP) is 8.21. The van der Waals surface area contributed by atoms with Crippen LogP contribution in [0.4, 0.5) is 0 Å². The summed E-state index contributed by atoms with van der Waals surface area (Å²) in [6, 6.07) is 37.6. The van der Waals surface area contributed by atoms with Gasteiger partial charge in [-0.05, 0) is 61.4 Å². The number of aromatic hydroxyl groups is 1. The molecule has 196 valence electrons. The Bertz CT molecular complexity index is 1280. The van der Waals surface area contributed by atoms with Gasteiger partial charge >= 0.3 is 0 Å². The van der Waals surface area contributed by atoms with Gasteiger partial charge in [-0.25, -0.2) is 0 Å². The minimum absolute atomic E-state index is 0. The molecule has 0 aliphatic carbocycles. The number of carbonyl (C=O) groups is 1. The molecule has 4 rings (SSSR count). The molecule has 0 spiro atoms. The summed E-state index contributed by atoms with van der Waals surface area (Å²) in [6.07, 6.45) is 0. The number of hydrogen-bond donors (Lipinski definition) is 1. The molecule has 0 atom stereocenters. The molecule has 0 heterocycles. The van der Waals surface area contributed by atoms with Crippen molar-refractivity contribution in [2.75, 3.05) is 0 Å². The highest BCUT2D eigenvalue weighted by Gasteiger charge is 1.97. The van der Waals surface area contributed by atoms with Gasteiger partial charge in [-0.3, -0.25) is 0 Å². The Morgan fingerprint density at radius 1 is 0.763 bits per heavy atom. The van der Waals surface area contributed by atoms with Crippen LogP contribution in [0.2, 0.25) is 0 Å². The first-order valence-corrected chi connectivity index (χ1v) is 12.4. The Labute approximate surface area is 234 Å². The molecule has 4 aromatic rings. The van der Waals surface area contributed by atoms with Crippen molar-refractivity contribution in [1.82, 2.24) is 0 Å². The number of ether oxygens (including phenoxy) is 1. The maximum Gasteiger partial charge on any atom is 0.126 e. The van der Waals surface area contributed by atoms with Crippen molar-refractivity contribution < 1.29 is 14.6 Å². The van der Waals surface area contributed by atoms with Crippen LogP contribution in [0.1, 0.15) is 43.5 Å². The summed E-state index contributed by atoms with van der Waals surface area (Å²) in [6.45, 7) is 3.58. The predicted molar refractivity (Wildman–Crippen MR) is 157 cm³/mol. The Morgan fingerprint density at radius 3 is 1.66 bits per heavy atom. The van der Waals surface area contributed by atoms with Crippen molar-refractivity contribution in [3.05, 3.63) is 131 Å². The summed E-state index contributed by atoms with van der Waals surface area (Å²) in [5.41, 5.74) is 3.54. The molecular formula is C32H33BrN2O3. The number of nitriles is 2. The van der Waals surface area contributed by atoms with Crippen molar-refractivity contribution in [3.8, 4) is 23.6 Å². The van der Waals surface area contributed by atoms with E-state index in [1.165, 1.54) is 31.5 Å². The van der Waals surface area contributed by atoms with Crippen LogP contribution in [0.15, 0.2) is 109 Å². The molecule has 0 aliphatic heterocycles. The maximum atomic E-state index is 9.44. The highest BCUT2D eigenvalue weighted by atomic mass is 79.9. The highest BCUT2D eigenvalue weighted by molar-refractivity contribution is 9.08. The van der Waals surface area contributed by atoms with Crippen LogP contribution < -0.4 is 4.74 Å². The Kier molecular flexibility index (Phi) is 18.4. The molecule has 0 unspecified atom stereocenters. The lowest BCUT2D eigenvalue weighted by molar-refractivity contribution is -0.114. The molecular weight excluding hydrogens is 540 g/mol. The van der Waals surface area contributed by atoms with Crippen molar-refractivity contribution in [2.24, 2.45) is 0 Å². The van der Waals surface area contributed by atoms with E-state index in [0.717, 1.165) is 16.6 Å². The van der Waals surface area contributed by atoms with Gasteiger partial charge in [0.1, 0.15) is 23.9 Å². The van der Waals surface area contributed by atoms with Gasteiger partial charge in [-0.2, -0.15) is 10.5 Å². The summed E-state index contributed by atoms with van der Waals surface area (Å²) in [5, 5.41) is 26.8. The molecule has 0 radical (unpaired) electrons. The largest absolute Gasteiger partial charge is 0.508 e. The van der Waals surface area contributed by atoms with E-state index in [1.54, 1.807) is 24.3 Å². The Balaban J connectivity index is 0.000000532. The second-order valence-electron chi connectivity index (χ2n) is 7.60. The molecule has 0 saturated heterocycles. The van der Waals surface area contributed by atoms with Crippen LogP contribution in [0.25, 0.3) is 0 Å². The van der Waals surface area contributed by atoms with Crippen molar-refractivity contribution in [2.45, 2.75) is 33.2 Å². The third-order valence-electron chi connectivity index (χ3n) is 4.18. The lowest BCUT2D eigenvalue weighted by atomic mass is 10.2. The van der Waals surface area contributed by atoms with Gasteiger partial charge in [-0.15, -0.1) is 0 Å². The fourth-order valence-corrected chi connectivity index (χ4v) is 2.91. The van der Waals surface area contributed by atoms with Crippen molar-refractivity contribution in [3.63, 3.8) is 0 Å². The molecule has 4 aromatic carbocycles. The fourth-order valence-electron chi connectivity index (χ4n) is 2.54. The zero-order chi connectivity index (χ0) is 27.3. The zero-order valence-corrected chi connectivity index (χ0v) is 22.4. The second kappa shape index (κ2) is 20.8. The van der Waals surface area contributed by atoms with E-state index in [4.69, 9.17) is 20.4 Å². The molecule has 38 heavy (non-hydrogen) atoms. The lowest BCUT2D eigenvalue weighted by Gasteiger charge is -2.05. The number of hydrogen-bond acceptors (Lipinski definition) is 5. The number of rotatable bonds is 4. The minimum atomic E-state index is 0. The third-order valence-corrected chi connectivity index (χ3v) is 4.83. The van der Waals surface area contributed by atoms with Gasteiger partial charge in [-0.1, -0.05) is 96.2 Å². The molecule has 5 nitrogen and oxygen atoms in total. The monoisotopic (exact) mass is 572 g/mol. The lowest BCUT2D eigenvalue weighted by Crippen LogP contribution is -1.94.